The number of aryl methyl sites for hydroxylation is 1. The molecular weight excluding hydrogens is 244 g/mol. The summed E-state index contributed by atoms with van der Waals surface area (Å²) >= 11 is 0. The third-order valence-electron chi connectivity index (χ3n) is 5.44. The maximum atomic E-state index is 4.47. The lowest BCUT2D eigenvalue weighted by Crippen LogP contribution is -2.30. The van der Waals surface area contributed by atoms with Gasteiger partial charge >= 0.3 is 0 Å². The minimum Gasteiger partial charge on any atom is -0.367 e. The molecule has 0 radical (unpaired) electrons. The summed E-state index contributed by atoms with van der Waals surface area (Å²) in [6.45, 7) is 2.14. The summed E-state index contributed by atoms with van der Waals surface area (Å²) in [5.41, 5.74) is 1.27. The van der Waals surface area contributed by atoms with Gasteiger partial charge in [0.1, 0.15) is 5.82 Å². The Labute approximate surface area is 123 Å². The number of nitrogens with zero attached hydrogens (tertiary/aromatic N) is 1. The topological polar surface area (TPSA) is 24.9 Å². The van der Waals surface area contributed by atoms with Gasteiger partial charge in [-0.15, -0.1) is 0 Å². The summed E-state index contributed by atoms with van der Waals surface area (Å²) in [4.78, 5) is 4.47. The Morgan fingerprint density at radius 3 is 2.35 bits per heavy atom. The van der Waals surface area contributed by atoms with Crippen molar-refractivity contribution in [2.75, 3.05) is 5.32 Å². The Bertz CT molecular complexity index is 415. The highest BCUT2D eigenvalue weighted by molar-refractivity contribution is 5.43. The molecule has 0 saturated heterocycles. The van der Waals surface area contributed by atoms with Gasteiger partial charge in [-0.25, -0.2) is 4.98 Å². The van der Waals surface area contributed by atoms with E-state index in [9.17, 15) is 0 Å². The highest BCUT2D eigenvalue weighted by atomic mass is 15.0. The molecule has 2 fully saturated rings. The standard InChI is InChI=1S/C18H28N2/c1-14-6-5-13-19-18(14)20-17-11-9-16(10-12-17)15-7-3-2-4-8-15/h5-6,13,15-17H,2-4,7-12H2,1H3,(H,19,20)/t16-,17-. The average molecular weight is 272 g/mol. The zero-order valence-corrected chi connectivity index (χ0v) is 12.8. The molecule has 2 saturated carbocycles. The molecule has 0 aromatic carbocycles. The minimum atomic E-state index is 0.642. The maximum Gasteiger partial charge on any atom is 0.129 e. The Morgan fingerprint density at radius 1 is 0.950 bits per heavy atom. The number of rotatable bonds is 3. The zero-order chi connectivity index (χ0) is 13.8. The van der Waals surface area contributed by atoms with Crippen molar-refractivity contribution in [1.82, 2.24) is 4.98 Å². The molecule has 2 heteroatoms. The second-order valence-corrected chi connectivity index (χ2v) is 6.82. The van der Waals surface area contributed by atoms with Gasteiger partial charge in [-0.05, 0) is 56.1 Å². The third kappa shape index (κ3) is 3.34. The van der Waals surface area contributed by atoms with Gasteiger partial charge in [0.05, 0.1) is 0 Å². The van der Waals surface area contributed by atoms with E-state index < -0.39 is 0 Å². The van der Waals surface area contributed by atoms with E-state index in [0.717, 1.165) is 17.7 Å². The molecule has 1 N–H and O–H groups in total. The Kier molecular flexibility index (Phi) is 4.59. The summed E-state index contributed by atoms with van der Waals surface area (Å²) in [7, 11) is 0. The molecular formula is C18H28N2. The first-order valence-corrected chi connectivity index (χ1v) is 8.51. The van der Waals surface area contributed by atoms with Crippen LogP contribution in [0.5, 0.6) is 0 Å². The van der Waals surface area contributed by atoms with Crippen LogP contribution in [0.4, 0.5) is 5.82 Å². The van der Waals surface area contributed by atoms with Crippen LogP contribution in [0.25, 0.3) is 0 Å². The van der Waals surface area contributed by atoms with Gasteiger partial charge in [-0.1, -0.05) is 38.2 Å². The molecule has 2 aliphatic carbocycles. The molecule has 1 heterocycles. The van der Waals surface area contributed by atoms with Crippen molar-refractivity contribution in [2.24, 2.45) is 11.8 Å². The van der Waals surface area contributed by atoms with E-state index in [0.29, 0.717) is 6.04 Å². The first-order valence-electron chi connectivity index (χ1n) is 8.51. The fraction of sp³-hybridized carbons (Fsp3) is 0.722. The smallest absolute Gasteiger partial charge is 0.129 e. The monoisotopic (exact) mass is 272 g/mol. The van der Waals surface area contributed by atoms with Crippen molar-refractivity contribution in [1.29, 1.82) is 0 Å². The van der Waals surface area contributed by atoms with Crippen molar-refractivity contribution in [3.63, 3.8) is 0 Å². The van der Waals surface area contributed by atoms with E-state index in [1.807, 2.05) is 12.3 Å². The van der Waals surface area contributed by atoms with Crippen LogP contribution in [0.1, 0.15) is 63.4 Å². The molecule has 3 rings (SSSR count). The van der Waals surface area contributed by atoms with Crippen molar-refractivity contribution in [3.05, 3.63) is 23.9 Å². The van der Waals surface area contributed by atoms with Crippen LogP contribution < -0.4 is 5.32 Å². The van der Waals surface area contributed by atoms with Gasteiger partial charge in [-0.2, -0.15) is 0 Å². The van der Waals surface area contributed by atoms with Crippen molar-refractivity contribution >= 4 is 5.82 Å². The summed E-state index contributed by atoms with van der Waals surface area (Å²) in [6, 6.07) is 4.80. The van der Waals surface area contributed by atoms with E-state index in [-0.39, 0.29) is 0 Å². The molecule has 0 aliphatic heterocycles. The molecule has 1 aromatic rings. The quantitative estimate of drug-likeness (QED) is 0.843. The highest BCUT2D eigenvalue weighted by Crippen LogP contribution is 2.38. The fourth-order valence-corrected chi connectivity index (χ4v) is 4.17. The average Bonchev–Trinajstić information content (AvgIpc) is 2.51. The fourth-order valence-electron chi connectivity index (χ4n) is 4.17. The van der Waals surface area contributed by atoms with E-state index in [2.05, 4.69) is 23.3 Å². The van der Waals surface area contributed by atoms with Gasteiger partial charge in [0.15, 0.2) is 0 Å². The Morgan fingerprint density at radius 2 is 1.65 bits per heavy atom. The molecule has 0 bridgehead atoms. The molecule has 2 nitrogen and oxygen atoms in total. The second kappa shape index (κ2) is 6.60. The molecule has 0 amide bonds. The summed E-state index contributed by atoms with van der Waals surface area (Å²) in [5, 5.41) is 3.66. The van der Waals surface area contributed by atoms with Gasteiger partial charge < -0.3 is 5.32 Å². The van der Waals surface area contributed by atoms with Crippen LogP contribution >= 0.6 is 0 Å². The predicted octanol–water partition coefficient (Wildman–Crippen LogP) is 4.94. The SMILES string of the molecule is Cc1cccnc1N[C@H]1CC[C@H](C2CCCCC2)CC1. The van der Waals surface area contributed by atoms with E-state index in [1.54, 1.807) is 0 Å². The van der Waals surface area contributed by atoms with Crippen LogP contribution in [-0.2, 0) is 0 Å². The maximum absolute atomic E-state index is 4.47. The van der Waals surface area contributed by atoms with Crippen LogP contribution in [0.15, 0.2) is 18.3 Å². The first-order chi connectivity index (χ1) is 9.83. The molecule has 20 heavy (non-hydrogen) atoms. The van der Waals surface area contributed by atoms with Crippen molar-refractivity contribution in [3.8, 4) is 0 Å². The van der Waals surface area contributed by atoms with E-state index in [1.165, 1.54) is 63.4 Å². The lowest BCUT2D eigenvalue weighted by atomic mass is 9.72. The minimum absolute atomic E-state index is 0.642. The Balaban J connectivity index is 1.50. The molecule has 0 unspecified atom stereocenters. The molecule has 0 atom stereocenters. The van der Waals surface area contributed by atoms with Gasteiger partial charge in [-0.3, -0.25) is 0 Å². The Hall–Kier alpha value is -1.05. The summed E-state index contributed by atoms with van der Waals surface area (Å²) in [6.07, 6.45) is 14.8. The van der Waals surface area contributed by atoms with Crippen LogP contribution in [0, 0.1) is 18.8 Å². The van der Waals surface area contributed by atoms with E-state index >= 15 is 0 Å². The lowest BCUT2D eigenvalue weighted by Gasteiger charge is -2.36. The number of anilines is 1. The number of aromatic nitrogens is 1. The normalized spacial score (nSPS) is 28.2. The third-order valence-corrected chi connectivity index (χ3v) is 5.44. The number of pyridine rings is 1. The van der Waals surface area contributed by atoms with Crippen molar-refractivity contribution < 1.29 is 0 Å². The molecule has 0 spiro atoms. The summed E-state index contributed by atoms with van der Waals surface area (Å²) in [5.74, 6) is 3.15. The highest BCUT2D eigenvalue weighted by Gasteiger charge is 2.28. The van der Waals surface area contributed by atoms with E-state index in [4.69, 9.17) is 0 Å². The number of hydrogen-bond donors (Lipinski definition) is 1. The van der Waals surface area contributed by atoms with Gasteiger partial charge in [0.25, 0.3) is 0 Å². The summed E-state index contributed by atoms with van der Waals surface area (Å²) < 4.78 is 0. The van der Waals surface area contributed by atoms with Gasteiger partial charge in [0, 0.05) is 12.2 Å². The first kappa shape index (κ1) is 13.9. The van der Waals surface area contributed by atoms with Crippen LogP contribution in [0.3, 0.4) is 0 Å². The predicted molar refractivity (Wildman–Crippen MR) is 84.9 cm³/mol. The van der Waals surface area contributed by atoms with Crippen molar-refractivity contribution in [2.45, 2.75) is 70.8 Å². The van der Waals surface area contributed by atoms with Crippen LogP contribution in [0.2, 0.25) is 0 Å². The lowest BCUT2D eigenvalue weighted by molar-refractivity contribution is 0.190. The second-order valence-electron chi connectivity index (χ2n) is 6.82. The molecule has 2 aliphatic rings. The largest absolute Gasteiger partial charge is 0.367 e. The molecule has 1 aromatic heterocycles. The number of nitrogens with one attached hydrogen (secondary N) is 1. The van der Waals surface area contributed by atoms with Gasteiger partial charge in [0.2, 0.25) is 0 Å². The molecule has 110 valence electrons. The van der Waals surface area contributed by atoms with Crippen LogP contribution in [-0.4, -0.2) is 11.0 Å². The number of hydrogen-bond acceptors (Lipinski definition) is 2. The zero-order valence-electron chi connectivity index (χ0n) is 12.8.